The maximum Gasteiger partial charge on any atom is 0.433 e. The van der Waals surface area contributed by atoms with E-state index in [2.05, 4.69) is 20.5 Å². The van der Waals surface area contributed by atoms with Gasteiger partial charge < -0.3 is 5.32 Å². The molecule has 39 heavy (non-hydrogen) atoms. The molecule has 0 atom stereocenters. The van der Waals surface area contributed by atoms with Gasteiger partial charge in [-0.2, -0.15) is 23.4 Å². The highest BCUT2D eigenvalue weighted by Gasteiger charge is 2.36. The number of carbonyl (C=O) groups is 1. The number of aromatic nitrogens is 5. The van der Waals surface area contributed by atoms with Gasteiger partial charge in [0.1, 0.15) is 5.82 Å². The van der Waals surface area contributed by atoms with Gasteiger partial charge in [0, 0.05) is 27.2 Å². The lowest BCUT2D eigenvalue weighted by atomic mass is 10.1. The molecule has 1 N–H and O–H groups in total. The van der Waals surface area contributed by atoms with E-state index >= 15 is 0 Å². The summed E-state index contributed by atoms with van der Waals surface area (Å²) in [6, 6.07) is 12.5. The molecule has 0 bridgehead atoms. The number of nitrogens with one attached hydrogen (secondary N) is 1. The summed E-state index contributed by atoms with van der Waals surface area (Å²) in [6.45, 7) is 3.30. The molecular formula is C26H18Cl2F4N6O. The summed E-state index contributed by atoms with van der Waals surface area (Å²) in [5, 5.41) is 11.5. The number of hydrogen-bond acceptors (Lipinski definition) is 4. The smallest absolute Gasteiger partial charge is 0.317 e. The zero-order valence-electron chi connectivity index (χ0n) is 20.3. The minimum absolute atomic E-state index is 0.00868. The van der Waals surface area contributed by atoms with E-state index in [1.165, 1.54) is 28.9 Å². The molecule has 0 radical (unpaired) electrons. The quantitative estimate of drug-likeness (QED) is 0.229. The molecule has 3 aromatic heterocycles. The molecule has 7 nitrogen and oxygen atoms in total. The number of carbonyl (C=O) groups excluding carboxylic acids is 1. The van der Waals surface area contributed by atoms with Gasteiger partial charge in [-0.1, -0.05) is 41.4 Å². The molecule has 0 unspecified atom stereocenters. The van der Waals surface area contributed by atoms with Crippen molar-refractivity contribution in [3.05, 3.63) is 98.8 Å². The van der Waals surface area contributed by atoms with Gasteiger partial charge in [0.2, 0.25) is 0 Å². The van der Waals surface area contributed by atoms with Crippen LogP contribution >= 0.6 is 23.2 Å². The molecule has 5 aromatic rings. The van der Waals surface area contributed by atoms with Crippen LogP contribution in [0.25, 0.3) is 16.9 Å². The van der Waals surface area contributed by atoms with Crippen LogP contribution in [0.2, 0.25) is 10.0 Å². The average molecular weight is 577 g/mol. The molecule has 13 heteroatoms. The van der Waals surface area contributed by atoms with E-state index in [1.807, 2.05) is 0 Å². The summed E-state index contributed by atoms with van der Waals surface area (Å²) < 4.78 is 58.1. The Kier molecular flexibility index (Phi) is 6.81. The predicted molar refractivity (Wildman–Crippen MR) is 139 cm³/mol. The Bertz CT molecular complexity index is 1710. The van der Waals surface area contributed by atoms with Gasteiger partial charge in [0.05, 0.1) is 29.3 Å². The van der Waals surface area contributed by atoms with Crippen molar-refractivity contribution in [1.82, 2.24) is 24.4 Å². The van der Waals surface area contributed by atoms with E-state index in [1.54, 1.807) is 32.0 Å². The molecule has 0 saturated carbocycles. The lowest BCUT2D eigenvalue weighted by molar-refractivity contribution is -0.142. The average Bonchev–Trinajstić information content (AvgIpc) is 3.42. The van der Waals surface area contributed by atoms with E-state index in [0.717, 1.165) is 12.1 Å². The van der Waals surface area contributed by atoms with Crippen molar-refractivity contribution in [2.24, 2.45) is 0 Å². The Hall–Kier alpha value is -3.96. The van der Waals surface area contributed by atoms with E-state index in [9.17, 15) is 22.4 Å². The van der Waals surface area contributed by atoms with Crippen molar-refractivity contribution in [1.29, 1.82) is 0 Å². The van der Waals surface area contributed by atoms with Crippen molar-refractivity contribution < 1.29 is 22.4 Å². The topological polar surface area (TPSA) is 77.1 Å². The maximum atomic E-state index is 14.3. The van der Waals surface area contributed by atoms with Crippen molar-refractivity contribution >= 4 is 40.4 Å². The fourth-order valence-electron chi connectivity index (χ4n) is 4.10. The third kappa shape index (κ3) is 5.19. The maximum absolute atomic E-state index is 14.3. The lowest BCUT2D eigenvalue weighted by Crippen LogP contribution is -2.16. The van der Waals surface area contributed by atoms with Crippen molar-refractivity contribution in [3.63, 3.8) is 0 Å². The minimum Gasteiger partial charge on any atom is -0.317 e. The van der Waals surface area contributed by atoms with Crippen LogP contribution in [0.1, 0.15) is 33.1 Å². The zero-order chi connectivity index (χ0) is 28.1. The first-order valence-electron chi connectivity index (χ1n) is 11.4. The number of amides is 1. The second kappa shape index (κ2) is 9.97. The molecule has 3 heterocycles. The molecular weight excluding hydrogens is 559 g/mol. The second-order valence-corrected chi connectivity index (χ2v) is 9.53. The molecule has 0 saturated heterocycles. The van der Waals surface area contributed by atoms with Gasteiger partial charge in [-0.3, -0.25) is 9.48 Å². The summed E-state index contributed by atoms with van der Waals surface area (Å²) in [6.07, 6.45) is -4.77. The monoisotopic (exact) mass is 576 g/mol. The number of anilines is 1. The van der Waals surface area contributed by atoms with Gasteiger partial charge in [0.25, 0.3) is 5.91 Å². The fraction of sp³-hybridized carbons (Fsp3) is 0.154. The van der Waals surface area contributed by atoms with Gasteiger partial charge >= 0.3 is 6.18 Å². The molecule has 0 aliphatic heterocycles. The Morgan fingerprint density at radius 3 is 2.41 bits per heavy atom. The number of hydrogen-bond donors (Lipinski definition) is 1. The Balaban J connectivity index is 1.49. The van der Waals surface area contributed by atoms with Crippen LogP contribution < -0.4 is 5.32 Å². The number of benzene rings is 2. The first kappa shape index (κ1) is 26.6. The van der Waals surface area contributed by atoms with Crippen LogP contribution in [-0.4, -0.2) is 30.3 Å². The predicted octanol–water partition coefficient (Wildman–Crippen LogP) is 6.97. The molecule has 0 aliphatic carbocycles. The zero-order valence-corrected chi connectivity index (χ0v) is 21.8. The number of alkyl halides is 3. The van der Waals surface area contributed by atoms with Crippen LogP contribution in [0, 0.1) is 19.7 Å². The van der Waals surface area contributed by atoms with Gasteiger partial charge in [-0.25, -0.2) is 13.9 Å². The Morgan fingerprint density at radius 2 is 1.74 bits per heavy atom. The number of aryl methyl sites for hydroxylation is 1. The van der Waals surface area contributed by atoms with Crippen LogP contribution in [0.5, 0.6) is 0 Å². The van der Waals surface area contributed by atoms with E-state index in [-0.39, 0.29) is 34.2 Å². The number of nitrogens with zero attached hydrogens (tertiary/aromatic N) is 5. The molecule has 1 amide bonds. The van der Waals surface area contributed by atoms with Crippen molar-refractivity contribution in [2.45, 2.75) is 26.6 Å². The largest absolute Gasteiger partial charge is 0.433 e. The minimum atomic E-state index is -4.77. The lowest BCUT2D eigenvalue weighted by Gasteiger charge is -2.11. The van der Waals surface area contributed by atoms with Crippen molar-refractivity contribution in [2.75, 3.05) is 5.32 Å². The standard InChI is InChI=1S/C26H18Cl2F4N6O/c1-13-24(14(2)37(35-13)12-17-18(28)4-3-5-19(17)29)34-25(39)21-11-23-33-20(15-6-8-16(27)9-7-15)10-22(26(30,31)32)38(23)36-21/h3-11H,12H2,1-2H3,(H,34,39). The van der Waals surface area contributed by atoms with E-state index in [4.69, 9.17) is 23.2 Å². The third-order valence-corrected chi connectivity index (χ3v) is 6.69. The summed E-state index contributed by atoms with van der Waals surface area (Å²) in [5.74, 6) is -1.27. The number of fused-ring (bicyclic) bond motifs is 1. The first-order valence-corrected chi connectivity index (χ1v) is 12.2. The van der Waals surface area contributed by atoms with Crippen molar-refractivity contribution in [3.8, 4) is 11.3 Å². The second-order valence-electron chi connectivity index (χ2n) is 8.69. The third-order valence-electron chi connectivity index (χ3n) is 6.08. The molecule has 0 fully saturated rings. The summed E-state index contributed by atoms with van der Waals surface area (Å²) in [7, 11) is 0. The fourth-order valence-corrected chi connectivity index (χ4v) is 4.45. The van der Waals surface area contributed by atoms with E-state index < -0.39 is 23.6 Å². The summed E-state index contributed by atoms with van der Waals surface area (Å²) in [5.41, 5.74) is 0.341. The van der Waals surface area contributed by atoms with Crippen LogP contribution in [-0.2, 0) is 12.7 Å². The molecule has 0 aliphatic rings. The summed E-state index contributed by atoms with van der Waals surface area (Å²) >= 11 is 12.0. The highest BCUT2D eigenvalue weighted by atomic mass is 35.5. The van der Waals surface area contributed by atoms with Gasteiger partial charge in [0.15, 0.2) is 17.0 Å². The van der Waals surface area contributed by atoms with E-state index in [0.29, 0.717) is 32.2 Å². The molecule has 5 rings (SSSR count). The SMILES string of the molecule is Cc1nn(Cc2c(F)cccc2Cl)c(C)c1NC(=O)c1cc2nc(-c3ccc(Cl)cc3)cc(C(F)(F)F)n2n1. The number of rotatable bonds is 5. The molecule has 0 spiro atoms. The normalized spacial score (nSPS) is 11.8. The van der Waals surface area contributed by atoms with Crippen LogP contribution in [0.4, 0.5) is 23.2 Å². The first-order chi connectivity index (χ1) is 18.4. The van der Waals surface area contributed by atoms with Crippen LogP contribution in [0.3, 0.4) is 0 Å². The molecule has 2 aromatic carbocycles. The Labute approximate surface area is 229 Å². The number of halogens is 6. The Morgan fingerprint density at radius 1 is 1.03 bits per heavy atom. The summed E-state index contributed by atoms with van der Waals surface area (Å²) in [4.78, 5) is 17.4. The van der Waals surface area contributed by atoms with Gasteiger partial charge in [-0.15, -0.1) is 0 Å². The highest BCUT2D eigenvalue weighted by molar-refractivity contribution is 6.31. The highest BCUT2D eigenvalue weighted by Crippen LogP contribution is 2.33. The molecule has 200 valence electrons. The van der Waals surface area contributed by atoms with Gasteiger partial charge in [-0.05, 0) is 44.2 Å². The van der Waals surface area contributed by atoms with Crippen LogP contribution in [0.15, 0.2) is 54.6 Å².